The zero-order chi connectivity index (χ0) is 11.3. The summed E-state index contributed by atoms with van der Waals surface area (Å²) in [6, 6.07) is 0. The third-order valence-electron chi connectivity index (χ3n) is 3.70. The monoisotopic (exact) mass is 214 g/mol. The predicted molar refractivity (Wildman–Crippen MR) is 64.0 cm³/mol. The first-order chi connectivity index (χ1) is 7.16. The number of nitrogens with zero attached hydrogens (tertiary/aromatic N) is 1. The fourth-order valence-electron chi connectivity index (χ4n) is 2.55. The molecule has 2 N–H and O–H groups in total. The van der Waals surface area contributed by atoms with E-state index < -0.39 is 0 Å². The van der Waals surface area contributed by atoms with Gasteiger partial charge in [0, 0.05) is 25.7 Å². The largest absolute Gasteiger partial charge is 0.380 e. The molecule has 0 bridgehead atoms. The van der Waals surface area contributed by atoms with Crippen LogP contribution in [0.3, 0.4) is 0 Å². The Hall–Kier alpha value is -0.120. The smallest absolute Gasteiger partial charge is 0.0698 e. The Morgan fingerprint density at radius 2 is 2.27 bits per heavy atom. The normalized spacial score (nSPS) is 27.6. The highest BCUT2D eigenvalue weighted by atomic mass is 16.5. The summed E-state index contributed by atoms with van der Waals surface area (Å²) in [4.78, 5) is 2.52. The summed E-state index contributed by atoms with van der Waals surface area (Å²) in [5.41, 5.74) is 6.10. The summed E-state index contributed by atoms with van der Waals surface area (Å²) in [5, 5.41) is 0. The number of hydrogen-bond donors (Lipinski definition) is 1. The number of ether oxygens (including phenoxy) is 1. The third kappa shape index (κ3) is 3.16. The maximum absolute atomic E-state index is 5.93. The minimum absolute atomic E-state index is 0.173. The van der Waals surface area contributed by atoms with Crippen molar-refractivity contribution in [2.75, 3.05) is 26.7 Å². The van der Waals surface area contributed by atoms with Gasteiger partial charge in [-0.3, -0.25) is 4.90 Å². The zero-order valence-electron chi connectivity index (χ0n) is 10.5. The molecular weight excluding hydrogens is 188 g/mol. The summed E-state index contributed by atoms with van der Waals surface area (Å²) < 4.78 is 5.46. The predicted octanol–water partition coefficient (Wildman–Crippen LogP) is 1.61. The molecule has 1 saturated heterocycles. The Labute approximate surface area is 94.0 Å². The molecule has 0 aromatic rings. The number of hydrogen-bond acceptors (Lipinski definition) is 3. The van der Waals surface area contributed by atoms with Crippen molar-refractivity contribution in [1.29, 1.82) is 0 Å². The van der Waals surface area contributed by atoms with E-state index in [1.807, 2.05) is 7.11 Å². The maximum atomic E-state index is 5.93. The number of nitrogens with two attached hydrogens (primary N) is 1. The highest BCUT2D eigenvalue weighted by molar-refractivity contribution is 4.90. The van der Waals surface area contributed by atoms with Crippen molar-refractivity contribution in [3.05, 3.63) is 0 Å². The van der Waals surface area contributed by atoms with Crippen LogP contribution in [0, 0.1) is 0 Å². The Kier molecular flexibility index (Phi) is 5.03. The van der Waals surface area contributed by atoms with Crippen LogP contribution < -0.4 is 5.73 Å². The molecular formula is C12H26N2O. The second-order valence-electron chi connectivity index (χ2n) is 4.90. The molecule has 90 valence electrons. The van der Waals surface area contributed by atoms with Crippen molar-refractivity contribution in [3.63, 3.8) is 0 Å². The molecule has 3 heteroatoms. The first-order valence-electron chi connectivity index (χ1n) is 6.14. The van der Waals surface area contributed by atoms with Gasteiger partial charge in [0.2, 0.25) is 0 Å². The van der Waals surface area contributed by atoms with Crippen molar-refractivity contribution >= 4 is 0 Å². The van der Waals surface area contributed by atoms with Crippen LogP contribution in [-0.2, 0) is 4.74 Å². The van der Waals surface area contributed by atoms with Gasteiger partial charge in [-0.1, -0.05) is 13.3 Å². The summed E-state index contributed by atoms with van der Waals surface area (Å²) in [6.45, 7) is 7.48. The van der Waals surface area contributed by atoms with Gasteiger partial charge in [0.05, 0.1) is 6.10 Å². The molecule has 1 fully saturated rings. The van der Waals surface area contributed by atoms with Crippen LogP contribution in [0.5, 0.6) is 0 Å². The van der Waals surface area contributed by atoms with E-state index in [1.54, 1.807) is 0 Å². The van der Waals surface area contributed by atoms with E-state index in [0.29, 0.717) is 6.10 Å². The molecule has 0 aromatic carbocycles. The summed E-state index contributed by atoms with van der Waals surface area (Å²) in [6.07, 6.45) is 5.21. The van der Waals surface area contributed by atoms with Gasteiger partial charge in [-0.2, -0.15) is 0 Å². The topological polar surface area (TPSA) is 38.5 Å². The molecule has 0 saturated carbocycles. The second kappa shape index (κ2) is 5.83. The van der Waals surface area contributed by atoms with Crippen molar-refractivity contribution < 1.29 is 4.74 Å². The molecule has 3 nitrogen and oxygen atoms in total. The van der Waals surface area contributed by atoms with Crippen molar-refractivity contribution in [2.24, 2.45) is 5.73 Å². The van der Waals surface area contributed by atoms with Crippen LogP contribution in [0.25, 0.3) is 0 Å². The van der Waals surface area contributed by atoms with Crippen LogP contribution in [-0.4, -0.2) is 43.3 Å². The maximum Gasteiger partial charge on any atom is 0.0698 e. The highest BCUT2D eigenvalue weighted by Crippen LogP contribution is 2.25. The van der Waals surface area contributed by atoms with Crippen LogP contribution in [0.4, 0.5) is 0 Å². The quantitative estimate of drug-likeness (QED) is 0.755. The fourth-order valence-corrected chi connectivity index (χ4v) is 2.55. The summed E-state index contributed by atoms with van der Waals surface area (Å²) in [7, 11) is 1.81. The zero-order valence-corrected chi connectivity index (χ0v) is 10.5. The molecule has 2 atom stereocenters. The Bertz CT molecular complexity index is 186. The van der Waals surface area contributed by atoms with E-state index in [-0.39, 0.29) is 5.54 Å². The average molecular weight is 214 g/mol. The summed E-state index contributed by atoms with van der Waals surface area (Å²) >= 11 is 0. The second-order valence-corrected chi connectivity index (χ2v) is 4.90. The lowest BCUT2D eigenvalue weighted by molar-refractivity contribution is -0.0142. The standard InChI is InChI=1S/C12H26N2O/c1-4-7-12(2,10-13)14-8-5-6-11(9-14)15-3/h11H,4-10,13H2,1-3H3. The van der Waals surface area contributed by atoms with E-state index >= 15 is 0 Å². The van der Waals surface area contributed by atoms with Crippen LogP contribution in [0.1, 0.15) is 39.5 Å². The first-order valence-corrected chi connectivity index (χ1v) is 6.14. The van der Waals surface area contributed by atoms with Crippen LogP contribution >= 0.6 is 0 Å². The molecule has 0 amide bonds. The van der Waals surface area contributed by atoms with Crippen LogP contribution in [0.15, 0.2) is 0 Å². The Morgan fingerprint density at radius 3 is 2.80 bits per heavy atom. The Morgan fingerprint density at radius 1 is 1.53 bits per heavy atom. The molecule has 1 aliphatic rings. The SMILES string of the molecule is CCCC(C)(CN)N1CCCC(OC)C1. The van der Waals surface area contributed by atoms with Gasteiger partial charge in [-0.15, -0.1) is 0 Å². The molecule has 0 aliphatic carbocycles. The van der Waals surface area contributed by atoms with Gasteiger partial charge in [0.25, 0.3) is 0 Å². The summed E-state index contributed by atoms with van der Waals surface area (Å²) in [5.74, 6) is 0. The van der Waals surface area contributed by atoms with Gasteiger partial charge < -0.3 is 10.5 Å². The van der Waals surface area contributed by atoms with Gasteiger partial charge in [0.1, 0.15) is 0 Å². The van der Waals surface area contributed by atoms with Gasteiger partial charge in [0.15, 0.2) is 0 Å². The molecule has 0 aromatic heterocycles. The van der Waals surface area contributed by atoms with E-state index in [0.717, 1.165) is 13.1 Å². The van der Waals surface area contributed by atoms with E-state index in [2.05, 4.69) is 18.7 Å². The Balaban J connectivity index is 2.58. The van der Waals surface area contributed by atoms with Gasteiger partial charge >= 0.3 is 0 Å². The fraction of sp³-hybridized carbons (Fsp3) is 1.00. The number of piperidine rings is 1. The molecule has 1 rings (SSSR count). The van der Waals surface area contributed by atoms with Crippen LogP contribution in [0.2, 0.25) is 0 Å². The van der Waals surface area contributed by atoms with E-state index in [1.165, 1.54) is 32.2 Å². The van der Waals surface area contributed by atoms with E-state index in [4.69, 9.17) is 10.5 Å². The number of likely N-dealkylation sites (tertiary alicyclic amines) is 1. The lowest BCUT2D eigenvalue weighted by Crippen LogP contribution is -2.56. The first kappa shape index (κ1) is 12.9. The minimum atomic E-state index is 0.173. The minimum Gasteiger partial charge on any atom is -0.380 e. The molecule has 1 heterocycles. The third-order valence-corrected chi connectivity index (χ3v) is 3.70. The molecule has 1 aliphatic heterocycles. The van der Waals surface area contributed by atoms with E-state index in [9.17, 15) is 0 Å². The van der Waals surface area contributed by atoms with Crippen molar-refractivity contribution in [2.45, 2.75) is 51.2 Å². The van der Waals surface area contributed by atoms with Gasteiger partial charge in [-0.05, 0) is 32.7 Å². The lowest BCUT2D eigenvalue weighted by Gasteiger charge is -2.44. The molecule has 0 spiro atoms. The molecule has 2 unspecified atom stereocenters. The van der Waals surface area contributed by atoms with Crippen molar-refractivity contribution in [3.8, 4) is 0 Å². The van der Waals surface area contributed by atoms with Gasteiger partial charge in [-0.25, -0.2) is 0 Å². The number of rotatable bonds is 5. The average Bonchev–Trinajstić information content (AvgIpc) is 2.29. The number of methoxy groups -OCH3 is 1. The molecule has 15 heavy (non-hydrogen) atoms. The molecule has 0 radical (unpaired) electrons. The lowest BCUT2D eigenvalue weighted by atomic mass is 9.91. The highest BCUT2D eigenvalue weighted by Gasteiger charge is 2.33. The van der Waals surface area contributed by atoms with Crippen molar-refractivity contribution in [1.82, 2.24) is 4.90 Å².